The van der Waals surface area contributed by atoms with E-state index in [-0.39, 0.29) is 28.9 Å². The minimum Gasteiger partial charge on any atom is -0.493 e. The lowest BCUT2D eigenvalue weighted by molar-refractivity contribution is -0.0512. The van der Waals surface area contributed by atoms with Gasteiger partial charge in [-0.3, -0.25) is 4.79 Å². The summed E-state index contributed by atoms with van der Waals surface area (Å²) in [4.78, 5) is 12.2. The van der Waals surface area contributed by atoms with Gasteiger partial charge in [0, 0.05) is 12.1 Å². The molecule has 0 aliphatic rings. The highest BCUT2D eigenvalue weighted by Gasteiger charge is 2.26. The van der Waals surface area contributed by atoms with E-state index >= 15 is 0 Å². The van der Waals surface area contributed by atoms with Crippen molar-refractivity contribution in [3.8, 4) is 11.5 Å². The Bertz CT molecular complexity index is 983. The Morgan fingerprint density at radius 1 is 1.17 bits per heavy atom. The highest BCUT2D eigenvalue weighted by atomic mass is 32.2. The third-order valence-corrected chi connectivity index (χ3v) is 5.28. The molecule has 0 aliphatic carbocycles. The van der Waals surface area contributed by atoms with Crippen molar-refractivity contribution in [1.82, 2.24) is 10.0 Å². The van der Waals surface area contributed by atoms with Gasteiger partial charge in [-0.1, -0.05) is 6.07 Å². The molecule has 1 amide bonds. The van der Waals surface area contributed by atoms with E-state index in [1.54, 1.807) is 26.8 Å². The van der Waals surface area contributed by atoms with Crippen LogP contribution in [0.15, 0.2) is 39.8 Å². The Hall–Kier alpha value is -2.66. The first-order chi connectivity index (χ1) is 13.9. The van der Waals surface area contributed by atoms with Crippen molar-refractivity contribution in [2.24, 2.45) is 0 Å². The number of alkyl halides is 2. The predicted octanol–water partition coefficient (Wildman–Crippen LogP) is 2.94. The van der Waals surface area contributed by atoms with E-state index in [4.69, 9.17) is 9.15 Å². The predicted molar refractivity (Wildman–Crippen MR) is 104 cm³/mol. The van der Waals surface area contributed by atoms with Crippen molar-refractivity contribution >= 4 is 15.9 Å². The molecule has 0 radical (unpaired) electrons. The van der Waals surface area contributed by atoms with Gasteiger partial charge in [-0.2, -0.15) is 8.78 Å². The van der Waals surface area contributed by atoms with Crippen molar-refractivity contribution in [1.29, 1.82) is 0 Å². The van der Waals surface area contributed by atoms with Crippen LogP contribution >= 0.6 is 0 Å². The van der Waals surface area contributed by atoms with Gasteiger partial charge < -0.3 is 19.2 Å². The molecule has 1 aromatic heterocycles. The third kappa shape index (κ3) is 6.70. The van der Waals surface area contributed by atoms with Gasteiger partial charge in [0.05, 0.1) is 7.11 Å². The van der Waals surface area contributed by atoms with Crippen LogP contribution in [0.1, 0.15) is 36.9 Å². The van der Waals surface area contributed by atoms with Gasteiger partial charge >= 0.3 is 6.61 Å². The van der Waals surface area contributed by atoms with E-state index in [9.17, 15) is 22.0 Å². The molecule has 0 bridgehead atoms. The second-order valence-corrected chi connectivity index (χ2v) is 8.96. The van der Waals surface area contributed by atoms with E-state index in [1.807, 2.05) is 0 Å². The summed E-state index contributed by atoms with van der Waals surface area (Å²) in [6.45, 7) is 2.20. The molecule has 0 spiro atoms. The van der Waals surface area contributed by atoms with Gasteiger partial charge in [-0.15, -0.1) is 0 Å². The number of carbonyl (C=O) groups excluding carboxylic acids is 1. The lowest BCUT2D eigenvalue weighted by Crippen LogP contribution is -2.40. The number of nitrogens with one attached hydrogen (secondary N) is 2. The molecule has 0 atom stereocenters. The van der Waals surface area contributed by atoms with Crippen molar-refractivity contribution in [3.63, 3.8) is 0 Å². The van der Waals surface area contributed by atoms with E-state index in [1.165, 1.54) is 31.4 Å². The Kier molecular flexibility index (Phi) is 7.43. The topological polar surface area (TPSA) is 107 Å². The first-order valence-corrected chi connectivity index (χ1v) is 10.4. The molecule has 166 valence electrons. The lowest BCUT2D eigenvalue weighted by Gasteiger charge is -2.18. The van der Waals surface area contributed by atoms with Crippen LogP contribution in [0.25, 0.3) is 0 Å². The van der Waals surface area contributed by atoms with Crippen molar-refractivity contribution in [2.45, 2.75) is 44.4 Å². The fourth-order valence-electron chi connectivity index (χ4n) is 2.51. The first kappa shape index (κ1) is 23.6. The fraction of sp³-hybridized carbons (Fsp3) is 0.421. The van der Waals surface area contributed by atoms with Crippen LogP contribution in [0.3, 0.4) is 0 Å². The van der Waals surface area contributed by atoms with Crippen LogP contribution in [-0.4, -0.2) is 40.1 Å². The zero-order valence-corrected chi connectivity index (χ0v) is 17.8. The Labute approximate surface area is 173 Å². The number of methoxy groups -OCH3 is 1. The summed E-state index contributed by atoms with van der Waals surface area (Å²) in [6, 6.07) is 6.99. The number of carbonyl (C=O) groups is 1. The Morgan fingerprint density at radius 3 is 2.47 bits per heavy atom. The van der Waals surface area contributed by atoms with Crippen molar-refractivity contribution < 1.29 is 35.9 Å². The SMILES string of the molecule is COc1ccc(CCNC(=O)c2ccc(S(=O)(=O)NC(C)(C)C)o2)cc1OC(F)F. The average Bonchev–Trinajstić information content (AvgIpc) is 3.10. The summed E-state index contributed by atoms with van der Waals surface area (Å²) in [5, 5.41) is 2.21. The second-order valence-electron chi connectivity index (χ2n) is 7.34. The molecule has 0 saturated carbocycles. The molecule has 0 fully saturated rings. The summed E-state index contributed by atoms with van der Waals surface area (Å²) in [7, 11) is -2.56. The molecular weight excluding hydrogens is 422 g/mol. The van der Waals surface area contributed by atoms with Gasteiger partial charge in [0.25, 0.3) is 15.9 Å². The van der Waals surface area contributed by atoms with Gasteiger partial charge in [0.2, 0.25) is 5.09 Å². The number of hydrogen-bond donors (Lipinski definition) is 2. The Balaban J connectivity index is 1.98. The van der Waals surface area contributed by atoms with Crippen LogP contribution < -0.4 is 19.5 Å². The minimum absolute atomic E-state index is 0.108. The zero-order valence-electron chi connectivity index (χ0n) is 17.0. The summed E-state index contributed by atoms with van der Waals surface area (Å²) < 4.78 is 66.4. The second kappa shape index (κ2) is 9.43. The third-order valence-electron chi connectivity index (χ3n) is 3.65. The number of hydrogen-bond acceptors (Lipinski definition) is 6. The van der Waals surface area contributed by atoms with E-state index < -0.39 is 28.1 Å². The standard InChI is InChI=1S/C19H24F2N2O6S/c1-19(2,3)23-30(25,26)16-8-7-14(28-16)17(24)22-10-9-12-5-6-13(27-4)15(11-12)29-18(20)21/h5-8,11,18,23H,9-10H2,1-4H3,(H,22,24). The fourth-order valence-corrected chi connectivity index (χ4v) is 3.87. The quantitative estimate of drug-likeness (QED) is 0.613. The molecule has 0 aliphatic heterocycles. The van der Waals surface area contributed by atoms with Crippen LogP contribution in [0.2, 0.25) is 0 Å². The number of benzene rings is 1. The van der Waals surface area contributed by atoms with Gasteiger partial charge in [0.15, 0.2) is 17.3 Å². The van der Waals surface area contributed by atoms with Crippen LogP contribution in [-0.2, 0) is 16.4 Å². The summed E-state index contributed by atoms with van der Waals surface area (Å²) in [5.41, 5.74) is -0.0805. The maximum atomic E-state index is 12.5. The van der Waals surface area contributed by atoms with Crippen molar-refractivity contribution in [2.75, 3.05) is 13.7 Å². The Morgan fingerprint density at radius 2 is 1.87 bits per heavy atom. The molecule has 11 heteroatoms. The summed E-state index contributed by atoms with van der Waals surface area (Å²) >= 11 is 0. The van der Waals surface area contributed by atoms with Gasteiger partial charge in [-0.25, -0.2) is 13.1 Å². The molecule has 2 rings (SSSR count). The number of amides is 1. The molecule has 2 N–H and O–H groups in total. The van der Waals surface area contributed by atoms with Crippen LogP contribution in [0.5, 0.6) is 11.5 Å². The van der Waals surface area contributed by atoms with Gasteiger partial charge in [0.1, 0.15) is 0 Å². The number of furan rings is 1. The maximum Gasteiger partial charge on any atom is 0.387 e. The number of rotatable bonds is 9. The molecule has 0 unspecified atom stereocenters. The van der Waals surface area contributed by atoms with E-state index in [2.05, 4.69) is 14.8 Å². The number of sulfonamides is 1. The van der Waals surface area contributed by atoms with Crippen LogP contribution in [0.4, 0.5) is 8.78 Å². The summed E-state index contributed by atoms with van der Waals surface area (Å²) in [5.74, 6) is -0.717. The normalized spacial score (nSPS) is 12.1. The zero-order chi connectivity index (χ0) is 22.5. The maximum absolute atomic E-state index is 12.5. The monoisotopic (exact) mass is 446 g/mol. The largest absolute Gasteiger partial charge is 0.493 e. The first-order valence-electron chi connectivity index (χ1n) is 8.95. The smallest absolute Gasteiger partial charge is 0.387 e. The molecule has 30 heavy (non-hydrogen) atoms. The molecular formula is C19H24F2N2O6S. The highest BCUT2D eigenvalue weighted by molar-refractivity contribution is 7.89. The molecule has 1 aromatic carbocycles. The minimum atomic E-state index is -3.90. The average molecular weight is 446 g/mol. The number of halogens is 2. The van der Waals surface area contributed by atoms with E-state index in [0.717, 1.165) is 0 Å². The molecule has 1 heterocycles. The molecule has 2 aromatic rings. The van der Waals surface area contributed by atoms with Gasteiger partial charge in [-0.05, 0) is 57.0 Å². The lowest BCUT2D eigenvalue weighted by atomic mass is 10.1. The summed E-state index contributed by atoms with van der Waals surface area (Å²) in [6.07, 6.45) is 0.312. The van der Waals surface area contributed by atoms with Crippen LogP contribution in [0, 0.1) is 0 Å². The highest BCUT2D eigenvalue weighted by Crippen LogP contribution is 2.29. The molecule has 0 saturated heterocycles. The van der Waals surface area contributed by atoms with E-state index in [0.29, 0.717) is 12.0 Å². The van der Waals surface area contributed by atoms with Crippen molar-refractivity contribution in [3.05, 3.63) is 41.7 Å². The number of ether oxygens (including phenoxy) is 2. The molecule has 8 nitrogen and oxygen atoms in total.